The average Bonchev–Trinajstić information content (AvgIpc) is 2.27. The number of thioether (sulfide) groups is 1. The van der Waals surface area contributed by atoms with E-state index in [9.17, 15) is 5.11 Å². The zero-order valence-electron chi connectivity index (χ0n) is 10.3. The molecule has 2 atom stereocenters. The molecule has 1 N–H and O–H groups in total. The lowest BCUT2D eigenvalue weighted by atomic mass is 9.70. The van der Waals surface area contributed by atoms with Gasteiger partial charge in [-0.25, -0.2) is 0 Å². The molecule has 3 heteroatoms. The van der Waals surface area contributed by atoms with E-state index in [1.807, 2.05) is 11.8 Å². The summed E-state index contributed by atoms with van der Waals surface area (Å²) in [5, 5.41) is 10.2. The second kappa shape index (κ2) is 5.74. The van der Waals surface area contributed by atoms with Gasteiger partial charge in [0.2, 0.25) is 0 Å². The van der Waals surface area contributed by atoms with Gasteiger partial charge in [-0.15, -0.1) is 0 Å². The third-order valence-electron chi connectivity index (χ3n) is 4.19. The van der Waals surface area contributed by atoms with Crippen LogP contribution in [0.1, 0.15) is 44.9 Å². The van der Waals surface area contributed by atoms with Crippen LogP contribution < -0.4 is 0 Å². The van der Waals surface area contributed by atoms with Crippen LogP contribution in [0.3, 0.4) is 0 Å². The third-order valence-corrected chi connectivity index (χ3v) is 4.89. The standard InChI is InChI=1S/C13H24O2S/c1-16-9-2-4-12(14)11-5-8-15-13(10-11)6-3-7-13/h11-12,14H,2-10H2,1H3. The number of aliphatic hydroxyl groups is 1. The number of hydrogen-bond acceptors (Lipinski definition) is 3. The first-order valence-corrected chi connectivity index (χ1v) is 7.96. The maximum Gasteiger partial charge on any atom is 0.0686 e. The van der Waals surface area contributed by atoms with Crippen molar-refractivity contribution in [2.75, 3.05) is 18.6 Å². The van der Waals surface area contributed by atoms with Crippen LogP contribution in [0.15, 0.2) is 0 Å². The highest BCUT2D eigenvalue weighted by Gasteiger charge is 2.43. The first kappa shape index (κ1) is 12.7. The van der Waals surface area contributed by atoms with E-state index < -0.39 is 0 Å². The van der Waals surface area contributed by atoms with Gasteiger partial charge in [0.25, 0.3) is 0 Å². The predicted octanol–water partition coefficient (Wildman–Crippen LogP) is 2.84. The van der Waals surface area contributed by atoms with Crippen molar-refractivity contribution in [3.63, 3.8) is 0 Å². The van der Waals surface area contributed by atoms with Gasteiger partial charge in [-0.05, 0) is 62.9 Å². The van der Waals surface area contributed by atoms with Gasteiger partial charge in [0.15, 0.2) is 0 Å². The van der Waals surface area contributed by atoms with Crippen LogP contribution in [0, 0.1) is 5.92 Å². The van der Waals surface area contributed by atoms with Gasteiger partial charge in [0, 0.05) is 6.61 Å². The van der Waals surface area contributed by atoms with Crippen molar-refractivity contribution in [2.45, 2.75) is 56.7 Å². The topological polar surface area (TPSA) is 29.5 Å². The van der Waals surface area contributed by atoms with Crippen LogP contribution in [0.2, 0.25) is 0 Å². The minimum atomic E-state index is -0.0893. The van der Waals surface area contributed by atoms with E-state index in [0.29, 0.717) is 5.92 Å². The molecule has 1 aliphatic carbocycles. The SMILES string of the molecule is CSCCCC(O)C1CCOC2(CCC2)C1. The van der Waals surface area contributed by atoms with E-state index in [0.717, 1.165) is 32.3 Å². The summed E-state index contributed by atoms with van der Waals surface area (Å²) < 4.78 is 5.89. The van der Waals surface area contributed by atoms with Gasteiger partial charge in [-0.1, -0.05) is 0 Å². The molecule has 1 saturated carbocycles. The van der Waals surface area contributed by atoms with Crippen LogP contribution in [-0.2, 0) is 4.74 Å². The molecule has 16 heavy (non-hydrogen) atoms. The summed E-state index contributed by atoms with van der Waals surface area (Å²) in [5.41, 5.74) is 0.184. The molecule has 2 unspecified atom stereocenters. The van der Waals surface area contributed by atoms with Crippen LogP contribution in [0.25, 0.3) is 0 Å². The highest BCUT2D eigenvalue weighted by Crippen LogP contribution is 2.45. The molecule has 2 aliphatic rings. The van der Waals surface area contributed by atoms with E-state index in [1.165, 1.54) is 25.0 Å². The van der Waals surface area contributed by atoms with Crippen LogP contribution >= 0.6 is 11.8 Å². The molecule has 0 aromatic rings. The molecule has 2 fully saturated rings. The van der Waals surface area contributed by atoms with Crippen LogP contribution in [0.5, 0.6) is 0 Å². The summed E-state index contributed by atoms with van der Waals surface area (Å²) in [5.74, 6) is 1.67. The Hall–Kier alpha value is 0.270. The second-order valence-corrected chi connectivity index (χ2v) is 6.33. The zero-order chi connectivity index (χ0) is 11.4. The maximum atomic E-state index is 10.2. The number of aliphatic hydroxyl groups excluding tert-OH is 1. The van der Waals surface area contributed by atoms with Crippen molar-refractivity contribution < 1.29 is 9.84 Å². The van der Waals surface area contributed by atoms with E-state index in [2.05, 4.69) is 6.26 Å². The van der Waals surface area contributed by atoms with E-state index in [-0.39, 0.29) is 11.7 Å². The Morgan fingerprint density at radius 3 is 2.94 bits per heavy atom. The number of hydrogen-bond donors (Lipinski definition) is 1. The van der Waals surface area contributed by atoms with Gasteiger partial charge in [0.05, 0.1) is 11.7 Å². The number of rotatable bonds is 5. The summed E-state index contributed by atoms with van der Waals surface area (Å²) in [4.78, 5) is 0. The zero-order valence-corrected chi connectivity index (χ0v) is 11.1. The fourth-order valence-electron chi connectivity index (χ4n) is 2.99. The highest BCUT2D eigenvalue weighted by molar-refractivity contribution is 7.98. The van der Waals surface area contributed by atoms with Crippen molar-refractivity contribution >= 4 is 11.8 Å². The molecule has 2 rings (SSSR count). The molecule has 0 aromatic carbocycles. The summed E-state index contributed by atoms with van der Waals surface area (Å²) in [6.45, 7) is 0.865. The quantitative estimate of drug-likeness (QED) is 0.754. The summed E-state index contributed by atoms with van der Waals surface area (Å²) in [7, 11) is 0. The predicted molar refractivity (Wildman–Crippen MR) is 68.9 cm³/mol. The van der Waals surface area contributed by atoms with Crippen molar-refractivity contribution in [3.8, 4) is 0 Å². The normalized spacial score (nSPS) is 30.0. The Morgan fingerprint density at radius 1 is 1.50 bits per heavy atom. The van der Waals surface area contributed by atoms with Crippen molar-refractivity contribution in [2.24, 2.45) is 5.92 Å². The monoisotopic (exact) mass is 244 g/mol. The summed E-state index contributed by atoms with van der Waals surface area (Å²) in [6.07, 6.45) is 10.1. The molecule has 1 heterocycles. The minimum Gasteiger partial charge on any atom is -0.393 e. The molecule has 0 bridgehead atoms. The van der Waals surface area contributed by atoms with Gasteiger partial charge < -0.3 is 9.84 Å². The average molecular weight is 244 g/mol. The second-order valence-electron chi connectivity index (χ2n) is 5.34. The van der Waals surface area contributed by atoms with Gasteiger partial charge in [-0.3, -0.25) is 0 Å². The lowest BCUT2D eigenvalue weighted by molar-refractivity contribution is -0.157. The van der Waals surface area contributed by atoms with Gasteiger partial charge in [-0.2, -0.15) is 11.8 Å². The van der Waals surface area contributed by atoms with Crippen LogP contribution in [0.4, 0.5) is 0 Å². The third kappa shape index (κ3) is 2.93. The summed E-state index contributed by atoms with van der Waals surface area (Å²) in [6, 6.07) is 0. The fraction of sp³-hybridized carbons (Fsp3) is 1.00. The Morgan fingerprint density at radius 2 is 2.31 bits per heavy atom. The summed E-state index contributed by atoms with van der Waals surface area (Å²) >= 11 is 1.87. The Kier molecular flexibility index (Phi) is 4.57. The van der Waals surface area contributed by atoms with E-state index in [1.54, 1.807) is 0 Å². The molecule has 0 radical (unpaired) electrons. The van der Waals surface area contributed by atoms with E-state index in [4.69, 9.17) is 4.74 Å². The Bertz CT molecular complexity index is 216. The minimum absolute atomic E-state index is 0.0893. The Balaban J connectivity index is 1.75. The first-order chi connectivity index (χ1) is 7.76. The van der Waals surface area contributed by atoms with Crippen molar-refractivity contribution in [1.82, 2.24) is 0 Å². The molecule has 0 amide bonds. The molecule has 1 spiro atoms. The van der Waals surface area contributed by atoms with Crippen molar-refractivity contribution in [3.05, 3.63) is 0 Å². The van der Waals surface area contributed by atoms with Gasteiger partial charge in [0.1, 0.15) is 0 Å². The highest BCUT2D eigenvalue weighted by atomic mass is 32.2. The molecule has 1 aliphatic heterocycles. The Labute approximate surface area is 103 Å². The molecule has 2 nitrogen and oxygen atoms in total. The fourth-order valence-corrected chi connectivity index (χ4v) is 3.44. The largest absolute Gasteiger partial charge is 0.393 e. The van der Waals surface area contributed by atoms with Gasteiger partial charge >= 0.3 is 0 Å². The number of ether oxygens (including phenoxy) is 1. The molecular formula is C13H24O2S. The maximum absolute atomic E-state index is 10.2. The molecular weight excluding hydrogens is 220 g/mol. The smallest absolute Gasteiger partial charge is 0.0686 e. The lowest BCUT2D eigenvalue weighted by Crippen LogP contribution is -2.47. The van der Waals surface area contributed by atoms with E-state index >= 15 is 0 Å². The lowest BCUT2D eigenvalue weighted by Gasteiger charge is -2.48. The molecule has 1 saturated heterocycles. The first-order valence-electron chi connectivity index (χ1n) is 6.57. The van der Waals surface area contributed by atoms with Crippen LogP contribution in [-0.4, -0.2) is 35.4 Å². The molecule has 94 valence electrons. The van der Waals surface area contributed by atoms with Crippen molar-refractivity contribution in [1.29, 1.82) is 0 Å². The molecule has 0 aromatic heterocycles.